The van der Waals surface area contributed by atoms with Gasteiger partial charge in [0.15, 0.2) is 11.5 Å². The molecule has 180 valence electrons. The van der Waals surface area contributed by atoms with Crippen molar-refractivity contribution in [2.24, 2.45) is 0 Å². The number of hydrogen-bond acceptors (Lipinski definition) is 5. The average molecular weight is 473 g/mol. The van der Waals surface area contributed by atoms with Crippen LogP contribution >= 0.6 is 0 Å². The van der Waals surface area contributed by atoms with Gasteiger partial charge in [-0.05, 0) is 48.2 Å². The third-order valence-electron chi connectivity index (χ3n) is 6.68. The first-order chi connectivity index (χ1) is 17.0. The molecule has 7 heteroatoms. The molecular formula is C28H28N2O5. The topological polar surface area (TPSA) is 79.3 Å². The van der Waals surface area contributed by atoms with E-state index < -0.39 is 0 Å². The maximum atomic E-state index is 13.7. The fraction of sp³-hybridized carbons (Fsp3) is 0.286. The van der Waals surface area contributed by atoms with Crippen molar-refractivity contribution in [2.45, 2.75) is 31.8 Å². The largest absolute Gasteiger partial charge is 0.504 e. The number of amides is 2. The van der Waals surface area contributed by atoms with Crippen molar-refractivity contribution in [3.05, 3.63) is 89.5 Å². The van der Waals surface area contributed by atoms with E-state index in [-0.39, 0.29) is 36.4 Å². The number of benzene rings is 3. The minimum absolute atomic E-state index is 0.0112. The van der Waals surface area contributed by atoms with Crippen molar-refractivity contribution < 1.29 is 24.2 Å². The Labute approximate surface area is 204 Å². The predicted molar refractivity (Wildman–Crippen MR) is 131 cm³/mol. The minimum atomic E-state index is -0.265. The highest BCUT2D eigenvalue weighted by molar-refractivity contribution is 5.94. The summed E-state index contributed by atoms with van der Waals surface area (Å²) in [6.07, 6.45) is 1.13. The van der Waals surface area contributed by atoms with E-state index in [1.165, 1.54) is 0 Å². The number of nitrogens with zero attached hydrogens (tertiary/aromatic N) is 2. The number of fused-ring (bicyclic) bond motifs is 1. The average Bonchev–Trinajstić information content (AvgIpc) is 3.35. The molecule has 0 aromatic heterocycles. The van der Waals surface area contributed by atoms with Gasteiger partial charge >= 0.3 is 0 Å². The lowest BCUT2D eigenvalue weighted by molar-refractivity contribution is -0.134. The van der Waals surface area contributed by atoms with Crippen LogP contribution in [0.4, 0.5) is 0 Å². The van der Waals surface area contributed by atoms with E-state index in [0.29, 0.717) is 43.0 Å². The summed E-state index contributed by atoms with van der Waals surface area (Å²) in [4.78, 5) is 30.1. The summed E-state index contributed by atoms with van der Waals surface area (Å²) in [6, 6.07) is 22.3. The zero-order valence-corrected chi connectivity index (χ0v) is 19.6. The Hall–Kier alpha value is -4.00. The van der Waals surface area contributed by atoms with Gasteiger partial charge in [-0.1, -0.05) is 48.5 Å². The normalized spacial score (nSPS) is 19.0. The number of carbonyl (C=O) groups excluding carboxylic acids is 2. The summed E-state index contributed by atoms with van der Waals surface area (Å²) in [7, 11) is 0. The molecule has 2 atom stereocenters. The first kappa shape index (κ1) is 22.8. The van der Waals surface area contributed by atoms with E-state index in [2.05, 4.69) is 0 Å². The first-order valence-electron chi connectivity index (χ1n) is 11.8. The Balaban J connectivity index is 1.46. The third-order valence-corrected chi connectivity index (χ3v) is 6.68. The summed E-state index contributed by atoms with van der Waals surface area (Å²) >= 11 is 0. The highest BCUT2D eigenvalue weighted by atomic mass is 16.7. The van der Waals surface area contributed by atoms with Crippen LogP contribution in [0.2, 0.25) is 0 Å². The lowest BCUT2D eigenvalue weighted by atomic mass is 9.94. The number of aromatic hydroxyl groups is 1. The molecule has 1 N–H and O–H groups in total. The maximum Gasteiger partial charge on any atom is 0.254 e. The van der Waals surface area contributed by atoms with Crippen molar-refractivity contribution in [1.82, 2.24) is 9.80 Å². The second-order valence-corrected chi connectivity index (χ2v) is 9.05. The first-order valence-corrected chi connectivity index (χ1v) is 11.8. The zero-order valence-electron chi connectivity index (χ0n) is 19.6. The quantitative estimate of drug-likeness (QED) is 0.613. The van der Waals surface area contributed by atoms with E-state index in [0.717, 1.165) is 11.1 Å². The Morgan fingerprint density at radius 2 is 1.49 bits per heavy atom. The number of ether oxygens (including phenoxy) is 2. The van der Waals surface area contributed by atoms with Crippen molar-refractivity contribution in [3.63, 3.8) is 0 Å². The van der Waals surface area contributed by atoms with Crippen LogP contribution in [-0.4, -0.2) is 58.7 Å². The molecule has 0 saturated carbocycles. The Morgan fingerprint density at radius 3 is 2.20 bits per heavy atom. The van der Waals surface area contributed by atoms with Crippen LogP contribution in [0, 0.1) is 0 Å². The molecule has 2 heterocycles. The third kappa shape index (κ3) is 4.80. The maximum absolute atomic E-state index is 13.7. The molecule has 2 amide bonds. The number of phenols is 1. The lowest BCUT2D eigenvalue weighted by Gasteiger charge is -2.46. The van der Waals surface area contributed by atoms with E-state index in [9.17, 15) is 14.7 Å². The Bertz CT molecular complexity index is 1210. The van der Waals surface area contributed by atoms with Gasteiger partial charge in [0.2, 0.25) is 18.4 Å². The number of carbonyl (C=O) groups is 2. The molecule has 0 unspecified atom stereocenters. The van der Waals surface area contributed by atoms with Crippen molar-refractivity contribution in [1.29, 1.82) is 0 Å². The highest BCUT2D eigenvalue weighted by Crippen LogP contribution is 2.41. The van der Waals surface area contributed by atoms with E-state index >= 15 is 0 Å². The fourth-order valence-corrected chi connectivity index (χ4v) is 5.00. The molecule has 5 rings (SSSR count). The van der Waals surface area contributed by atoms with Crippen LogP contribution in [-0.2, 0) is 17.6 Å². The van der Waals surface area contributed by atoms with Gasteiger partial charge in [0.05, 0.1) is 12.1 Å². The molecule has 0 aliphatic carbocycles. The van der Waals surface area contributed by atoms with Crippen molar-refractivity contribution in [3.8, 4) is 17.2 Å². The van der Waals surface area contributed by atoms with Gasteiger partial charge in [0, 0.05) is 25.6 Å². The molecule has 7 nitrogen and oxygen atoms in total. The molecule has 1 saturated heterocycles. The van der Waals surface area contributed by atoms with Crippen molar-refractivity contribution in [2.75, 3.05) is 19.9 Å². The van der Waals surface area contributed by atoms with Gasteiger partial charge in [-0.2, -0.15) is 0 Å². The van der Waals surface area contributed by atoms with Crippen LogP contribution in [0.5, 0.6) is 17.2 Å². The molecule has 2 aliphatic heterocycles. The molecule has 3 aromatic rings. The molecule has 3 aromatic carbocycles. The highest BCUT2D eigenvalue weighted by Gasteiger charge is 2.38. The molecule has 1 fully saturated rings. The van der Waals surface area contributed by atoms with E-state index in [1.807, 2.05) is 76.5 Å². The monoisotopic (exact) mass is 472 g/mol. The SMILES string of the molecule is CC(=O)N1C[C@H](Cc2cc(O)c3c(c2)OCO3)N(C(=O)c2ccccc2)C[C@@H]1Cc1ccccc1. The molecule has 0 bridgehead atoms. The fourth-order valence-electron chi connectivity index (χ4n) is 5.00. The second-order valence-electron chi connectivity index (χ2n) is 9.05. The van der Waals surface area contributed by atoms with Crippen LogP contribution in [0.1, 0.15) is 28.4 Å². The summed E-state index contributed by atoms with van der Waals surface area (Å²) < 4.78 is 10.8. The standard InChI is InChI=1S/C28H28N2O5/c1-19(31)29-16-24(13-21-14-25(32)27-26(15-21)34-18-35-27)30(28(33)22-10-6-3-7-11-22)17-23(29)12-20-8-4-2-5-9-20/h2-11,14-15,23-24,32H,12-13,16-18H2,1H3/t23-,24-/m0/s1. The molecular weight excluding hydrogens is 444 g/mol. The van der Waals surface area contributed by atoms with Crippen LogP contribution in [0.15, 0.2) is 72.8 Å². The van der Waals surface area contributed by atoms with Gasteiger partial charge in [-0.15, -0.1) is 0 Å². The van der Waals surface area contributed by atoms with Gasteiger partial charge in [0.1, 0.15) is 0 Å². The molecule has 35 heavy (non-hydrogen) atoms. The number of piperazine rings is 1. The second kappa shape index (κ2) is 9.70. The van der Waals surface area contributed by atoms with Crippen LogP contribution in [0.25, 0.3) is 0 Å². The van der Waals surface area contributed by atoms with E-state index in [4.69, 9.17) is 9.47 Å². The summed E-state index contributed by atoms with van der Waals surface area (Å²) in [5, 5.41) is 10.4. The summed E-state index contributed by atoms with van der Waals surface area (Å²) in [5.74, 6) is 0.750. The van der Waals surface area contributed by atoms with Crippen molar-refractivity contribution >= 4 is 11.8 Å². The number of hydrogen-bond donors (Lipinski definition) is 1. The van der Waals surface area contributed by atoms with Crippen LogP contribution < -0.4 is 9.47 Å². The zero-order chi connectivity index (χ0) is 24.4. The van der Waals surface area contributed by atoms with E-state index in [1.54, 1.807) is 13.0 Å². The Morgan fingerprint density at radius 1 is 0.857 bits per heavy atom. The summed E-state index contributed by atoms with van der Waals surface area (Å²) in [5.41, 5.74) is 2.54. The molecule has 0 spiro atoms. The Kier molecular flexibility index (Phi) is 6.31. The lowest BCUT2D eigenvalue weighted by Crippen LogP contribution is -2.62. The van der Waals surface area contributed by atoms with Gasteiger partial charge in [0.25, 0.3) is 5.91 Å². The van der Waals surface area contributed by atoms with Gasteiger partial charge < -0.3 is 24.4 Å². The smallest absolute Gasteiger partial charge is 0.254 e. The van der Waals surface area contributed by atoms with Crippen LogP contribution in [0.3, 0.4) is 0 Å². The minimum Gasteiger partial charge on any atom is -0.504 e. The van der Waals surface area contributed by atoms with Gasteiger partial charge in [-0.25, -0.2) is 0 Å². The molecule has 0 radical (unpaired) electrons. The predicted octanol–water partition coefficient (Wildman–Crippen LogP) is 3.65. The molecule has 2 aliphatic rings. The number of phenolic OH excluding ortho intramolecular Hbond substituents is 1. The van der Waals surface area contributed by atoms with Gasteiger partial charge in [-0.3, -0.25) is 9.59 Å². The summed E-state index contributed by atoms with van der Waals surface area (Å²) in [6.45, 7) is 2.47. The number of rotatable bonds is 5.